The summed E-state index contributed by atoms with van der Waals surface area (Å²) in [6.07, 6.45) is 0. The number of hydrogen-bond acceptors (Lipinski definition) is 2. The van der Waals surface area contributed by atoms with Crippen molar-refractivity contribution in [2.24, 2.45) is 12.0 Å². The highest BCUT2D eigenvalue weighted by molar-refractivity contribution is 7.16. The van der Waals surface area contributed by atoms with E-state index in [2.05, 4.69) is 31.0 Å². The van der Waals surface area contributed by atoms with E-state index in [0.717, 1.165) is 15.8 Å². The third kappa shape index (κ3) is 3.07. The fourth-order valence-electron chi connectivity index (χ4n) is 2.60. The van der Waals surface area contributed by atoms with Gasteiger partial charge >= 0.3 is 0 Å². The minimum atomic E-state index is -0.372. The van der Waals surface area contributed by atoms with Gasteiger partial charge in [0.2, 0.25) is 0 Å². The molecule has 0 aliphatic carbocycles. The molecule has 0 aliphatic heterocycles. The van der Waals surface area contributed by atoms with Crippen molar-refractivity contribution in [1.82, 2.24) is 4.57 Å². The molecule has 0 bridgehead atoms. The Balaban J connectivity index is 2.16. The predicted octanol–water partition coefficient (Wildman–Crippen LogP) is 4.90. The highest BCUT2D eigenvalue weighted by atomic mass is 35.5. The molecule has 2 aromatic carbocycles. The second-order valence-electron chi connectivity index (χ2n) is 5.41. The summed E-state index contributed by atoms with van der Waals surface area (Å²) in [7, 11) is 1.91. The molecule has 0 spiro atoms. The van der Waals surface area contributed by atoms with E-state index in [4.69, 9.17) is 23.2 Å². The SMILES string of the molecule is Cc1cc(C)c2c(c1)sc(=NC(=O)c1ccc(Cl)cc1Cl)n2C. The molecule has 6 heteroatoms. The first kappa shape index (κ1) is 16.2. The number of hydrogen-bond donors (Lipinski definition) is 0. The molecule has 0 saturated heterocycles. The highest BCUT2D eigenvalue weighted by Crippen LogP contribution is 2.23. The lowest BCUT2D eigenvalue weighted by atomic mass is 10.1. The molecule has 1 amide bonds. The Kier molecular flexibility index (Phi) is 4.32. The number of carbonyl (C=O) groups is 1. The predicted molar refractivity (Wildman–Crippen MR) is 96.6 cm³/mol. The van der Waals surface area contributed by atoms with Gasteiger partial charge in [0.05, 0.1) is 20.8 Å². The third-order valence-corrected chi connectivity index (χ3v) is 5.22. The summed E-state index contributed by atoms with van der Waals surface area (Å²) in [4.78, 5) is 17.3. The van der Waals surface area contributed by atoms with Gasteiger partial charge in [0, 0.05) is 12.1 Å². The molecule has 23 heavy (non-hydrogen) atoms. The Morgan fingerprint density at radius 1 is 1.17 bits per heavy atom. The molecule has 118 valence electrons. The molecular weight excluding hydrogens is 351 g/mol. The van der Waals surface area contributed by atoms with Crippen LogP contribution in [0.1, 0.15) is 21.5 Å². The monoisotopic (exact) mass is 364 g/mol. The van der Waals surface area contributed by atoms with Gasteiger partial charge in [-0.1, -0.05) is 40.6 Å². The summed E-state index contributed by atoms with van der Waals surface area (Å²) < 4.78 is 3.05. The van der Waals surface area contributed by atoms with E-state index in [0.29, 0.717) is 20.4 Å². The van der Waals surface area contributed by atoms with Crippen LogP contribution in [-0.2, 0) is 7.05 Å². The lowest BCUT2D eigenvalue weighted by molar-refractivity contribution is 0.0998. The van der Waals surface area contributed by atoms with Gasteiger partial charge in [0.15, 0.2) is 4.80 Å². The van der Waals surface area contributed by atoms with E-state index in [1.54, 1.807) is 18.2 Å². The largest absolute Gasteiger partial charge is 0.319 e. The Morgan fingerprint density at radius 3 is 2.61 bits per heavy atom. The second-order valence-corrected chi connectivity index (χ2v) is 7.27. The third-order valence-electron chi connectivity index (χ3n) is 3.59. The first-order chi connectivity index (χ1) is 10.9. The van der Waals surface area contributed by atoms with Crippen molar-refractivity contribution in [3.8, 4) is 0 Å². The molecule has 3 nitrogen and oxygen atoms in total. The summed E-state index contributed by atoms with van der Waals surface area (Å²) in [5, 5.41) is 0.798. The number of amides is 1. The Bertz CT molecular complexity index is 1000. The number of thiazole rings is 1. The van der Waals surface area contributed by atoms with Gasteiger partial charge in [-0.2, -0.15) is 4.99 Å². The Hall–Kier alpha value is -1.62. The Labute approximate surface area is 147 Å². The zero-order valence-corrected chi connectivity index (χ0v) is 15.2. The maximum absolute atomic E-state index is 12.4. The average molecular weight is 365 g/mol. The molecule has 0 aliphatic rings. The number of rotatable bonds is 1. The van der Waals surface area contributed by atoms with Crippen LogP contribution >= 0.6 is 34.5 Å². The summed E-state index contributed by atoms with van der Waals surface area (Å²) in [5.41, 5.74) is 3.79. The number of nitrogens with zero attached hydrogens (tertiary/aromatic N) is 2. The molecule has 0 atom stereocenters. The Morgan fingerprint density at radius 2 is 1.91 bits per heavy atom. The fourth-order valence-corrected chi connectivity index (χ4v) is 4.28. The van der Waals surface area contributed by atoms with Crippen LogP contribution in [0.25, 0.3) is 10.2 Å². The van der Waals surface area contributed by atoms with Crippen LogP contribution in [0.5, 0.6) is 0 Å². The van der Waals surface area contributed by atoms with Crippen molar-refractivity contribution in [3.63, 3.8) is 0 Å². The number of fused-ring (bicyclic) bond motifs is 1. The first-order valence-corrected chi connectivity index (χ1v) is 8.55. The van der Waals surface area contributed by atoms with Crippen LogP contribution in [0, 0.1) is 13.8 Å². The minimum Gasteiger partial charge on any atom is -0.319 e. The minimum absolute atomic E-state index is 0.307. The van der Waals surface area contributed by atoms with Gasteiger partial charge in [-0.05, 0) is 49.2 Å². The smallest absolute Gasteiger partial charge is 0.281 e. The zero-order chi connectivity index (χ0) is 16.7. The second kappa shape index (κ2) is 6.11. The number of aryl methyl sites for hydroxylation is 3. The molecule has 1 aromatic heterocycles. The number of aromatic nitrogens is 1. The van der Waals surface area contributed by atoms with Crippen LogP contribution in [0.15, 0.2) is 35.3 Å². The molecule has 0 saturated carbocycles. The van der Waals surface area contributed by atoms with Crippen molar-refractivity contribution in [1.29, 1.82) is 0 Å². The lowest BCUT2D eigenvalue weighted by Crippen LogP contribution is -2.13. The summed E-state index contributed by atoms with van der Waals surface area (Å²) in [6, 6.07) is 9.00. The van der Waals surface area contributed by atoms with Gasteiger partial charge in [-0.25, -0.2) is 0 Å². The van der Waals surface area contributed by atoms with Gasteiger partial charge in [-0.15, -0.1) is 0 Å². The molecular formula is C17H14Cl2N2OS. The first-order valence-electron chi connectivity index (χ1n) is 6.97. The van der Waals surface area contributed by atoms with E-state index >= 15 is 0 Å². The highest BCUT2D eigenvalue weighted by Gasteiger charge is 2.12. The maximum atomic E-state index is 12.4. The van der Waals surface area contributed by atoms with Crippen LogP contribution in [-0.4, -0.2) is 10.5 Å². The number of carbonyl (C=O) groups excluding carboxylic acids is 1. The van der Waals surface area contributed by atoms with Crippen molar-refractivity contribution < 1.29 is 4.79 Å². The van der Waals surface area contributed by atoms with Gasteiger partial charge in [-0.3, -0.25) is 4.79 Å². The van der Waals surface area contributed by atoms with Crippen molar-refractivity contribution in [2.75, 3.05) is 0 Å². The normalized spacial score (nSPS) is 12.1. The van der Waals surface area contributed by atoms with Crippen LogP contribution < -0.4 is 4.80 Å². The van der Waals surface area contributed by atoms with Crippen LogP contribution in [0.3, 0.4) is 0 Å². The van der Waals surface area contributed by atoms with E-state index in [9.17, 15) is 4.79 Å². The zero-order valence-electron chi connectivity index (χ0n) is 12.9. The van der Waals surface area contributed by atoms with Crippen molar-refractivity contribution >= 4 is 50.7 Å². The van der Waals surface area contributed by atoms with E-state index in [-0.39, 0.29) is 5.91 Å². The molecule has 0 fully saturated rings. The molecule has 3 aromatic rings. The van der Waals surface area contributed by atoms with Crippen molar-refractivity contribution in [2.45, 2.75) is 13.8 Å². The maximum Gasteiger partial charge on any atom is 0.281 e. The topological polar surface area (TPSA) is 34.4 Å². The number of halogens is 2. The van der Waals surface area contributed by atoms with E-state index in [1.807, 2.05) is 11.6 Å². The quantitative estimate of drug-likeness (QED) is 0.604. The lowest BCUT2D eigenvalue weighted by Gasteiger charge is -2.02. The van der Waals surface area contributed by atoms with E-state index < -0.39 is 0 Å². The van der Waals surface area contributed by atoms with Gasteiger partial charge in [0.1, 0.15) is 0 Å². The molecule has 1 heterocycles. The van der Waals surface area contributed by atoms with Crippen LogP contribution in [0.2, 0.25) is 10.0 Å². The van der Waals surface area contributed by atoms with Gasteiger partial charge < -0.3 is 4.57 Å². The van der Waals surface area contributed by atoms with Crippen molar-refractivity contribution in [3.05, 3.63) is 61.9 Å². The molecule has 0 N–H and O–H groups in total. The average Bonchev–Trinajstić information content (AvgIpc) is 2.74. The molecule has 0 unspecified atom stereocenters. The molecule has 3 rings (SSSR count). The van der Waals surface area contributed by atoms with Crippen LogP contribution in [0.4, 0.5) is 0 Å². The number of benzene rings is 2. The fraction of sp³-hybridized carbons (Fsp3) is 0.176. The standard InChI is InChI=1S/C17H14Cl2N2OS/c1-9-6-10(2)15-14(7-9)23-17(21(15)3)20-16(22)12-5-4-11(18)8-13(12)19/h4-8H,1-3H3. The summed E-state index contributed by atoms with van der Waals surface area (Å²) in [6.45, 7) is 4.12. The van der Waals surface area contributed by atoms with E-state index in [1.165, 1.54) is 16.9 Å². The summed E-state index contributed by atoms with van der Waals surface area (Å²) in [5.74, 6) is -0.372. The molecule has 0 radical (unpaired) electrons. The summed E-state index contributed by atoms with van der Waals surface area (Å²) >= 11 is 13.4. The van der Waals surface area contributed by atoms with Gasteiger partial charge in [0.25, 0.3) is 5.91 Å².